The van der Waals surface area contributed by atoms with Crippen LogP contribution in [0.3, 0.4) is 0 Å². The van der Waals surface area contributed by atoms with Gasteiger partial charge in [0.1, 0.15) is 23.5 Å². The molecule has 1 saturated heterocycles. The molecule has 2 spiro atoms. The summed E-state index contributed by atoms with van der Waals surface area (Å²) >= 11 is 0. The molecule has 2 aromatic rings. The maximum atomic E-state index is 13.9. The number of anilines is 1. The molecule has 9 heteroatoms. The van der Waals surface area contributed by atoms with E-state index in [1.807, 2.05) is 13.8 Å². The molecule has 8 nitrogen and oxygen atoms in total. The third-order valence-electron chi connectivity index (χ3n) is 6.39. The predicted octanol–water partition coefficient (Wildman–Crippen LogP) is 2.20. The Bertz CT molecular complexity index is 1080. The van der Waals surface area contributed by atoms with Crippen LogP contribution < -0.4 is 15.8 Å². The summed E-state index contributed by atoms with van der Waals surface area (Å²) in [5.41, 5.74) is 4.96. The number of nitrogens with zero attached hydrogens (tertiary/aromatic N) is 2. The Morgan fingerprint density at radius 3 is 2.67 bits per heavy atom. The van der Waals surface area contributed by atoms with Crippen LogP contribution in [0.15, 0.2) is 41.5 Å². The van der Waals surface area contributed by atoms with Crippen molar-refractivity contribution in [3.63, 3.8) is 0 Å². The third kappa shape index (κ3) is 2.38. The van der Waals surface area contributed by atoms with E-state index in [1.54, 1.807) is 18.2 Å². The van der Waals surface area contributed by atoms with Crippen molar-refractivity contribution in [2.75, 3.05) is 25.1 Å². The van der Waals surface area contributed by atoms with Crippen molar-refractivity contribution in [2.24, 2.45) is 16.1 Å². The van der Waals surface area contributed by atoms with Crippen LogP contribution in [0.25, 0.3) is 0 Å². The van der Waals surface area contributed by atoms with Crippen molar-refractivity contribution in [3.05, 3.63) is 53.6 Å². The van der Waals surface area contributed by atoms with E-state index in [0.29, 0.717) is 24.7 Å². The van der Waals surface area contributed by atoms with E-state index in [1.165, 1.54) is 18.3 Å². The molecule has 30 heavy (non-hydrogen) atoms. The molecule has 1 aromatic heterocycles. The van der Waals surface area contributed by atoms with Crippen molar-refractivity contribution in [3.8, 4) is 5.75 Å². The highest BCUT2D eigenvalue weighted by molar-refractivity contribution is 6.03. The molecule has 3 aliphatic rings. The van der Waals surface area contributed by atoms with Gasteiger partial charge in [-0.15, -0.1) is 0 Å². The third-order valence-corrected chi connectivity index (χ3v) is 6.39. The first-order chi connectivity index (χ1) is 14.3. The molecule has 0 aliphatic carbocycles. The Labute approximate surface area is 172 Å². The number of pyridine rings is 1. The topological polar surface area (TPSA) is 108 Å². The molecular formula is C21H21FN4O4. The zero-order valence-corrected chi connectivity index (χ0v) is 16.6. The molecule has 3 aliphatic heterocycles. The van der Waals surface area contributed by atoms with Crippen molar-refractivity contribution in [2.45, 2.75) is 25.0 Å². The van der Waals surface area contributed by atoms with E-state index in [9.17, 15) is 9.18 Å². The summed E-state index contributed by atoms with van der Waals surface area (Å²) < 4.78 is 31.5. The zero-order chi connectivity index (χ0) is 21.1. The van der Waals surface area contributed by atoms with Gasteiger partial charge >= 0.3 is 0 Å². The molecule has 0 radical (unpaired) electrons. The lowest BCUT2D eigenvalue weighted by atomic mass is 9.55. The summed E-state index contributed by atoms with van der Waals surface area (Å²) in [6.07, 6.45) is 1.36. The quantitative estimate of drug-likeness (QED) is 0.783. The molecule has 1 aromatic carbocycles. The minimum atomic E-state index is -0.816. The van der Waals surface area contributed by atoms with Gasteiger partial charge in [-0.1, -0.05) is 0 Å². The number of halogens is 1. The second-order valence-electron chi connectivity index (χ2n) is 8.29. The SMILES string of the molecule is CC1(C)Oc2ccc(NC(=O)c3ncccc3F)cc2C2(COC(N)=N2)C12COC2. The van der Waals surface area contributed by atoms with Crippen molar-refractivity contribution >= 4 is 17.6 Å². The van der Waals surface area contributed by atoms with E-state index in [2.05, 4.69) is 10.3 Å². The number of amides is 1. The molecule has 1 amide bonds. The standard InChI is InChI=1S/C21H21FN4O4/c1-19(2)20(9-28-10-20)21(11-29-18(23)26-21)13-8-12(5-6-15(13)30-19)25-17(27)16-14(22)4-3-7-24-16/h3-8H,9-11H2,1-2H3,(H2,23,26)(H,25,27). The number of fused-ring (bicyclic) bond motifs is 3. The van der Waals surface area contributed by atoms with Crippen LogP contribution in [0.4, 0.5) is 10.1 Å². The van der Waals surface area contributed by atoms with E-state index >= 15 is 0 Å². The van der Waals surface area contributed by atoms with E-state index in [0.717, 1.165) is 5.56 Å². The van der Waals surface area contributed by atoms with E-state index in [4.69, 9.17) is 24.9 Å². The summed E-state index contributed by atoms with van der Waals surface area (Å²) in [6.45, 7) is 5.13. The summed E-state index contributed by atoms with van der Waals surface area (Å²) in [6, 6.07) is 7.95. The van der Waals surface area contributed by atoms with Gasteiger partial charge in [0.2, 0.25) is 0 Å². The predicted molar refractivity (Wildman–Crippen MR) is 106 cm³/mol. The molecule has 0 bridgehead atoms. The number of rotatable bonds is 2. The fourth-order valence-electron chi connectivity index (χ4n) is 4.60. The number of amidine groups is 1. The van der Waals surface area contributed by atoms with Crippen LogP contribution >= 0.6 is 0 Å². The average molecular weight is 412 g/mol. The molecule has 1 fully saturated rings. The Morgan fingerprint density at radius 1 is 1.23 bits per heavy atom. The van der Waals surface area contributed by atoms with Gasteiger partial charge in [0.25, 0.3) is 11.9 Å². The lowest BCUT2D eigenvalue weighted by Crippen LogP contribution is -2.71. The number of hydrogen-bond donors (Lipinski definition) is 2. The van der Waals surface area contributed by atoms with Crippen molar-refractivity contribution in [1.82, 2.24) is 4.98 Å². The maximum Gasteiger partial charge on any atom is 0.283 e. The second-order valence-corrected chi connectivity index (χ2v) is 8.29. The monoisotopic (exact) mass is 412 g/mol. The highest BCUT2D eigenvalue weighted by atomic mass is 19.1. The fraction of sp³-hybridized carbons (Fsp3) is 0.381. The van der Waals surface area contributed by atoms with E-state index in [-0.39, 0.29) is 18.3 Å². The Balaban J connectivity index is 1.58. The molecule has 3 N–H and O–H groups in total. The number of hydrogen-bond acceptors (Lipinski definition) is 7. The van der Waals surface area contributed by atoms with Gasteiger partial charge < -0.3 is 25.3 Å². The number of aromatic nitrogens is 1. The molecule has 1 atom stereocenters. The first-order valence-corrected chi connectivity index (χ1v) is 9.59. The molecule has 156 valence electrons. The molecule has 5 rings (SSSR count). The minimum Gasteiger partial charge on any atom is -0.487 e. The number of nitrogens with one attached hydrogen (secondary N) is 1. The number of benzene rings is 1. The number of ether oxygens (including phenoxy) is 3. The molecular weight excluding hydrogens is 391 g/mol. The van der Waals surface area contributed by atoms with Crippen LogP contribution in [0.2, 0.25) is 0 Å². The van der Waals surface area contributed by atoms with Gasteiger partial charge in [0, 0.05) is 17.4 Å². The summed E-state index contributed by atoms with van der Waals surface area (Å²) in [5.74, 6) is -0.713. The van der Waals surface area contributed by atoms with E-state index < -0.39 is 28.3 Å². The number of carbonyl (C=O) groups is 1. The van der Waals surface area contributed by atoms with Crippen molar-refractivity contribution < 1.29 is 23.4 Å². The zero-order valence-electron chi connectivity index (χ0n) is 16.6. The fourth-order valence-corrected chi connectivity index (χ4v) is 4.60. The normalized spacial score (nSPS) is 25.0. The van der Waals surface area contributed by atoms with Crippen LogP contribution in [0, 0.1) is 11.2 Å². The number of aliphatic imine (C=N–C) groups is 1. The highest BCUT2D eigenvalue weighted by Crippen LogP contribution is 2.62. The minimum absolute atomic E-state index is 0.106. The van der Waals surface area contributed by atoms with Crippen LogP contribution in [-0.4, -0.2) is 42.3 Å². The van der Waals surface area contributed by atoms with Gasteiger partial charge in [-0.2, -0.15) is 0 Å². The summed E-state index contributed by atoms with van der Waals surface area (Å²) in [5, 5.41) is 2.70. The van der Waals surface area contributed by atoms with Crippen LogP contribution in [0.5, 0.6) is 5.75 Å². The Kier molecular flexibility index (Phi) is 3.85. The number of carbonyl (C=O) groups excluding carboxylic acids is 1. The second kappa shape index (κ2) is 6.15. The molecule has 4 heterocycles. The smallest absolute Gasteiger partial charge is 0.283 e. The molecule has 0 saturated carbocycles. The average Bonchev–Trinajstić information content (AvgIpc) is 3.03. The van der Waals surface area contributed by atoms with Gasteiger partial charge in [0.05, 0.1) is 18.6 Å². The van der Waals surface area contributed by atoms with Gasteiger partial charge in [-0.05, 0) is 44.2 Å². The summed E-state index contributed by atoms with van der Waals surface area (Å²) in [7, 11) is 0. The van der Waals surface area contributed by atoms with Gasteiger partial charge in [-0.25, -0.2) is 14.4 Å². The molecule has 1 unspecified atom stereocenters. The summed E-state index contributed by atoms with van der Waals surface area (Å²) in [4.78, 5) is 21.1. The highest BCUT2D eigenvalue weighted by Gasteiger charge is 2.71. The first-order valence-electron chi connectivity index (χ1n) is 9.59. The van der Waals surface area contributed by atoms with Crippen LogP contribution in [0.1, 0.15) is 29.9 Å². The lowest BCUT2D eigenvalue weighted by Gasteiger charge is -2.61. The lowest BCUT2D eigenvalue weighted by molar-refractivity contribution is -0.247. The van der Waals surface area contributed by atoms with Gasteiger partial charge in [0.15, 0.2) is 11.5 Å². The van der Waals surface area contributed by atoms with Crippen molar-refractivity contribution in [1.29, 1.82) is 0 Å². The Morgan fingerprint density at radius 2 is 2.03 bits per heavy atom. The Hall–Kier alpha value is -3.20. The number of nitrogens with two attached hydrogens (primary N) is 1. The van der Waals surface area contributed by atoms with Gasteiger partial charge in [-0.3, -0.25) is 4.79 Å². The van der Waals surface area contributed by atoms with Crippen LogP contribution in [-0.2, 0) is 15.0 Å². The maximum absolute atomic E-state index is 13.9. The largest absolute Gasteiger partial charge is 0.487 e. The first kappa shape index (κ1) is 18.8.